The minimum atomic E-state index is -2.96. The maximum Gasteiger partial charge on any atom is 0.268 e. The van der Waals surface area contributed by atoms with E-state index in [2.05, 4.69) is 0 Å². The third-order valence-electron chi connectivity index (χ3n) is 9.81. The minimum absolute atomic E-state index is 0.0303. The number of rotatable bonds is 6. The highest BCUT2D eigenvalue weighted by atomic mass is 28.4. The van der Waals surface area contributed by atoms with Crippen molar-refractivity contribution in [3.8, 4) is 0 Å². The van der Waals surface area contributed by atoms with Crippen LogP contribution in [0.4, 0.5) is 17.1 Å². The van der Waals surface area contributed by atoms with E-state index in [4.69, 9.17) is 4.74 Å². The molecule has 5 atom stereocenters. The molecule has 4 aliphatic rings. The smallest absolute Gasteiger partial charge is 0.268 e. The number of piperidine rings is 1. The molecule has 0 aliphatic carbocycles. The van der Waals surface area contributed by atoms with Crippen LogP contribution in [0.3, 0.4) is 0 Å². The molecule has 0 saturated carbocycles. The van der Waals surface area contributed by atoms with Crippen molar-refractivity contribution in [3.63, 3.8) is 0 Å². The highest BCUT2D eigenvalue weighted by molar-refractivity contribution is 6.71. The Morgan fingerprint density at radius 2 is 1.81 bits per heavy atom. The molecule has 2 N–H and O–H groups in total. The Kier molecular flexibility index (Phi) is 7.53. The van der Waals surface area contributed by atoms with Crippen LogP contribution >= 0.6 is 0 Å². The predicted molar refractivity (Wildman–Crippen MR) is 162 cm³/mol. The van der Waals surface area contributed by atoms with Crippen molar-refractivity contribution in [2.75, 3.05) is 29.5 Å². The number of anilines is 3. The van der Waals surface area contributed by atoms with Gasteiger partial charge in [0.05, 0.1) is 30.9 Å². The summed E-state index contributed by atoms with van der Waals surface area (Å²) < 4.78 is 6.89. The molecule has 3 fully saturated rings. The molecule has 0 unspecified atom stereocenters. The van der Waals surface area contributed by atoms with E-state index >= 15 is 0 Å². The number of amides is 3. The zero-order valence-corrected chi connectivity index (χ0v) is 25.7. The van der Waals surface area contributed by atoms with Gasteiger partial charge in [0.25, 0.3) is 5.91 Å². The average Bonchev–Trinajstić information content (AvgIpc) is 3.63. The van der Waals surface area contributed by atoms with Crippen LogP contribution in [0.5, 0.6) is 0 Å². The second-order valence-electron chi connectivity index (χ2n) is 12.8. The molecule has 9 nitrogen and oxygen atoms in total. The van der Waals surface area contributed by atoms with Crippen LogP contribution in [0.1, 0.15) is 51.0 Å². The molecule has 10 heteroatoms. The van der Waals surface area contributed by atoms with Gasteiger partial charge >= 0.3 is 0 Å². The molecular weight excluding hydrogens is 550 g/mol. The number of nitrogens with zero attached hydrogens (tertiary/aromatic N) is 3. The molecule has 4 heterocycles. The first-order valence-electron chi connectivity index (χ1n) is 15.2. The van der Waals surface area contributed by atoms with E-state index in [1.807, 2.05) is 68.5 Å². The fourth-order valence-corrected chi connectivity index (χ4v) is 10.5. The SMILES string of the molecule is C[C@H]1[C@H]([Si](C)(C)O)[C@@H](CC(=O)N2CCC[C@H]2CO)O[C@]12C(=O)N(c1ccccc1)c1ccc(N3CCCCC3=O)cc12. The van der Waals surface area contributed by atoms with Crippen molar-refractivity contribution in [2.45, 2.75) is 81.8 Å². The Morgan fingerprint density at radius 1 is 1.05 bits per heavy atom. The Labute approximate surface area is 248 Å². The third kappa shape index (κ3) is 4.59. The molecule has 3 amide bonds. The van der Waals surface area contributed by atoms with Crippen molar-refractivity contribution in [1.29, 1.82) is 0 Å². The zero-order valence-electron chi connectivity index (χ0n) is 24.7. The molecular formula is C32H41N3O6Si. The number of likely N-dealkylation sites (tertiary alicyclic amines) is 1. The summed E-state index contributed by atoms with van der Waals surface area (Å²) in [4.78, 5) is 58.0. The molecule has 42 heavy (non-hydrogen) atoms. The van der Waals surface area contributed by atoms with Gasteiger partial charge in [0, 0.05) is 47.9 Å². The fraction of sp³-hybridized carbons (Fsp3) is 0.531. The zero-order chi connectivity index (χ0) is 29.8. The summed E-state index contributed by atoms with van der Waals surface area (Å²) in [7, 11) is -2.96. The number of hydrogen-bond acceptors (Lipinski definition) is 6. The van der Waals surface area contributed by atoms with Gasteiger partial charge in [-0.15, -0.1) is 0 Å². The number of benzene rings is 2. The molecule has 0 bridgehead atoms. The van der Waals surface area contributed by atoms with Gasteiger partial charge in [0.2, 0.25) is 11.8 Å². The lowest BCUT2D eigenvalue weighted by Crippen LogP contribution is -2.45. The number of hydrogen-bond donors (Lipinski definition) is 2. The topological polar surface area (TPSA) is 111 Å². The maximum absolute atomic E-state index is 14.7. The monoisotopic (exact) mass is 591 g/mol. The lowest BCUT2D eigenvalue weighted by molar-refractivity contribution is -0.149. The number of fused-ring (bicyclic) bond motifs is 2. The Morgan fingerprint density at radius 3 is 2.50 bits per heavy atom. The third-order valence-corrected chi connectivity index (χ3v) is 12.3. The number of ether oxygens (including phenoxy) is 1. The van der Waals surface area contributed by atoms with Gasteiger partial charge in [0.1, 0.15) is 0 Å². The van der Waals surface area contributed by atoms with E-state index in [0.29, 0.717) is 36.4 Å². The van der Waals surface area contributed by atoms with E-state index in [9.17, 15) is 24.3 Å². The van der Waals surface area contributed by atoms with Crippen LogP contribution in [0.2, 0.25) is 18.6 Å². The van der Waals surface area contributed by atoms with E-state index in [-0.39, 0.29) is 36.8 Å². The van der Waals surface area contributed by atoms with Gasteiger partial charge in [0.15, 0.2) is 13.9 Å². The first-order chi connectivity index (χ1) is 20.1. The largest absolute Gasteiger partial charge is 0.432 e. The van der Waals surface area contributed by atoms with Gasteiger partial charge in [-0.3, -0.25) is 19.3 Å². The molecule has 224 valence electrons. The molecule has 4 aliphatic heterocycles. The molecule has 1 spiro atoms. The summed E-state index contributed by atoms with van der Waals surface area (Å²) in [5, 5.41) is 9.83. The van der Waals surface area contributed by atoms with Crippen LogP contribution in [0, 0.1) is 5.92 Å². The molecule has 2 aromatic rings. The van der Waals surface area contributed by atoms with Gasteiger partial charge in [-0.25, -0.2) is 0 Å². The number of carbonyl (C=O) groups is 3. The number of aliphatic hydroxyl groups is 1. The summed E-state index contributed by atoms with van der Waals surface area (Å²) in [5.74, 6) is -0.733. The first-order valence-corrected chi connectivity index (χ1v) is 18.3. The fourth-order valence-electron chi connectivity index (χ4n) is 7.91. The lowest BCUT2D eigenvalue weighted by Gasteiger charge is -2.33. The van der Waals surface area contributed by atoms with Gasteiger partial charge in [-0.05, 0) is 69.1 Å². The van der Waals surface area contributed by atoms with Crippen molar-refractivity contribution in [1.82, 2.24) is 4.90 Å². The summed E-state index contributed by atoms with van der Waals surface area (Å²) in [6.07, 6.45) is 3.22. The Hall–Kier alpha value is -3.05. The van der Waals surface area contributed by atoms with Crippen LogP contribution in [0.15, 0.2) is 48.5 Å². The summed E-state index contributed by atoms with van der Waals surface area (Å²) >= 11 is 0. The van der Waals surface area contributed by atoms with E-state index in [1.54, 1.807) is 14.7 Å². The molecule has 0 radical (unpaired) electrons. The van der Waals surface area contributed by atoms with E-state index < -0.39 is 31.5 Å². The molecule has 3 saturated heterocycles. The van der Waals surface area contributed by atoms with Crippen molar-refractivity contribution in [2.24, 2.45) is 5.92 Å². The van der Waals surface area contributed by atoms with Crippen LogP contribution < -0.4 is 9.80 Å². The van der Waals surface area contributed by atoms with Crippen molar-refractivity contribution < 1.29 is 29.0 Å². The Bertz CT molecular complexity index is 1380. The molecule has 6 rings (SSSR count). The van der Waals surface area contributed by atoms with Crippen molar-refractivity contribution >= 4 is 43.1 Å². The van der Waals surface area contributed by atoms with Crippen LogP contribution in [-0.2, 0) is 24.7 Å². The summed E-state index contributed by atoms with van der Waals surface area (Å²) in [6.45, 7) is 6.77. The van der Waals surface area contributed by atoms with E-state index in [1.165, 1.54) is 0 Å². The van der Waals surface area contributed by atoms with Crippen LogP contribution in [-0.4, -0.2) is 72.7 Å². The molecule has 0 aromatic heterocycles. The second-order valence-corrected chi connectivity index (χ2v) is 16.8. The lowest BCUT2D eigenvalue weighted by atomic mass is 9.82. The predicted octanol–water partition coefficient (Wildman–Crippen LogP) is 4.05. The minimum Gasteiger partial charge on any atom is -0.432 e. The summed E-state index contributed by atoms with van der Waals surface area (Å²) in [5.41, 5.74) is 0.976. The molecule has 2 aromatic carbocycles. The highest BCUT2D eigenvalue weighted by Gasteiger charge is 2.67. The maximum atomic E-state index is 14.7. The number of para-hydroxylation sites is 1. The average molecular weight is 592 g/mol. The van der Waals surface area contributed by atoms with Crippen LogP contribution in [0.25, 0.3) is 0 Å². The summed E-state index contributed by atoms with van der Waals surface area (Å²) in [6, 6.07) is 14.9. The van der Waals surface area contributed by atoms with Gasteiger partial charge in [-0.1, -0.05) is 25.1 Å². The quantitative estimate of drug-likeness (QED) is 0.491. The Balaban J connectivity index is 1.45. The second kappa shape index (κ2) is 10.9. The number of aliphatic hydroxyl groups excluding tert-OH is 1. The van der Waals surface area contributed by atoms with Crippen molar-refractivity contribution in [3.05, 3.63) is 54.1 Å². The first kappa shape index (κ1) is 29.0. The standard InChI is InChI=1S/C32H41N3O6Si/c1-21-30(42(2,3)40)27(19-29(38)34-17-9-12-24(34)20-36)41-32(21)25-18-23(33-16-8-7-13-28(33)37)14-15-26(25)35(31(32)39)22-10-5-4-6-11-22/h4-6,10-11,14-15,18,21,24,27,30,36,40H,7-9,12-13,16-17,19-20H2,1-3H3/t21-,24-,27+,30-,32+/m0/s1. The normalized spacial score (nSPS) is 29.6. The van der Waals surface area contributed by atoms with Gasteiger partial charge < -0.3 is 24.4 Å². The number of carbonyl (C=O) groups excluding carboxylic acids is 3. The van der Waals surface area contributed by atoms with Gasteiger partial charge in [-0.2, -0.15) is 0 Å². The highest BCUT2D eigenvalue weighted by Crippen LogP contribution is 2.61. The van der Waals surface area contributed by atoms with E-state index in [0.717, 1.165) is 31.4 Å².